The smallest absolute Gasteiger partial charge is 0.276 e. The van der Waals surface area contributed by atoms with Crippen LogP contribution < -0.4 is 5.43 Å². The highest BCUT2D eigenvalue weighted by Gasteiger charge is 2.12. The van der Waals surface area contributed by atoms with Crippen molar-refractivity contribution in [2.24, 2.45) is 5.10 Å². The first-order valence-corrected chi connectivity index (χ1v) is 7.82. The highest BCUT2D eigenvalue weighted by Crippen LogP contribution is 2.26. The number of hydrogen-bond donors (Lipinski definition) is 2. The molecular formula is C16H15N5OS. The van der Waals surface area contributed by atoms with Gasteiger partial charge < -0.3 is 0 Å². The molecule has 6 nitrogen and oxygen atoms in total. The van der Waals surface area contributed by atoms with E-state index in [1.807, 2.05) is 38.1 Å². The molecule has 0 unspecified atom stereocenters. The average Bonchev–Trinajstić information content (AvgIpc) is 3.22. The third-order valence-electron chi connectivity index (χ3n) is 3.24. The lowest BCUT2D eigenvalue weighted by Crippen LogP contribution is -2.19. The molecule has 0 spiro atoms. The van der Waals surface area contributed by atoms with Gasteiger partial charge in [0.15, 0.2) is 5.69 Å². The molecule has 0 saturated carbocycles. The first-order valence-electron chi connectivity index (χ1n) is 7.01. The molecule has 0 aliphatic rings. The summed E-state index contributed by atoms with van der Waals surface area (Å²) in [6.07, 6.45) is 3.36. The van der Waals surface area contributed by atoms with Gasteiger partial charge in [0, 0.05) is 22.8 Å². The van der Waals surface area contributed by atoms with Crippen LogP contribution in [0.1, 0.15) is 27.9 Å². The Bertz CT molecular complexity index is 850. The van der Waals surface area contributed by atoms with Crippen LogP contribution in [-0.2, 0) is 0 Å². The minimum absolute atomic E-state index is 0.303. The van der Waals surface area contributed by atoms with Crippen molar-refractivity contribution in [1.29, 1.82) is 0 Å². The van der Waals surface area contributed by atoms with Gasteiger partial charge in [0.1, 0.15) is 0 Å². The predicted molar refractivity (Wildman–Crippen MR) is 90.6 cm³/mol. The Kier molecular flexibility index (Phi) is 4.29. The van der Waals surface area contributed by atoms with Gasteiger partial charge >= 0.3 is 0 Å². The van der Waals surface area contributed by atoms with E-state index in [9.17, 15) is 4.79 Å². The van der Waals surface area contributed by atoms with Crippen molar-refractivity contribution in [2.45, 2.75) is 13.8 Å². The van der Waals surface area contributed by atoms with E-state index < -0.39 is 0 Å². The number of amides is 1. The number of nitrogens with zero attached hydrogens (tertiary/aromatic N) is 3. The Balaban J connectivity index is 1.71. The van der Waals surface area contributed by atoms with Gasteiger partial charge in [-0.25, -0.2) is 5.43 Å². The summed E-state index contributed by atoms with van der Waals surface area (Å²) in [5.41, 5.74) is 5.24. The molecule has 0 aromatic carbocycles. The molecule has 0 atom stereocenters. The number of carbonyl (C=O) groups excluding carboxylic acids is 1. The molecule has 3 rings (SSSR count). The van der Waals surface area contributed by atoms with Crippen LogP contribution in [0.4, 0.5) is 0 Å². The molecule has 1 amide bonds. The zero-order valence-corrected chi connectivity index (χ0v) is 13.5. The minimum Gasteiger partial charge on any atom is -0.276 e. The number of nitrogens with one attached hydrogen (secondary N) is 2. The zero-order valence-electron chi connectivity index (χ0n) is 12.7. The maximum Gasteiger partial charge on any atom is 0.291 e. The first kappa shape index (κ1) is 15.1. The van der Waals surface area contributed by atoms with Gasteiger partial charge in [0.25, 0.3) is 5.91 Å². The Morgan fingerprint density at radius 1 is 1.26 bits per heavy atom. The van der Waals surface area contributed by atoms with Crippen LogP contribution in [0.25, 0.3) is 10.6 Å². The summed E-state index contributed by atoms with van der Waals surface area (Å²) >= 11 is 1.64. The second-order valence-corrected chi connectivity index (χ2v) is 6.24. The number of aromatic amines is 1. The molecule has 23 heavy (non-hydrogen) atoms. The van der Waals surface area contributed by atoms with Crippen molar-refractivity contribution in [2.75, 3.05) is 0 Å². The summed E-state index contributed by atoms with van der Waals surface area (Å²) in [6, 6.07) is 9.41. The van der Waals surface area contributed by atoms with E-state index in [-0.39, 0.29) is 5.91 Å². The van der Waals surface area contributed by atoms with E-state index in [2.05, 4.69) is 25.7 Å². The second kappa shape index (κ2) is 6.53. The Morgan fingerprint density at radius 2 is 2.04 bits per heavy atom. The fourth-order valence-electron chi connectivity index (χ4n) is 1.99. The quantitative estimate of drug-likeness (QED) is 0.571. The maximum atomic E-state index is 12.1. The third kappa shape index (κ3) is 3.51. The lowest BCUT2D eigenvalue weighted by atomic mass is 10.2. The average molecular weight is 325 g/mol. The molecule has 0 fully saturated rings. The molecule has 3 heterocycles. The first-order chi connectivity index (χ1) is 11.1. The molecule has 0 bridgehead atoms. The SMILES string of the molecule is CC(=NNC(=O)c1cc(-c2ccc(C)s2)[nH]n1)c1ccncc1. The summed E-state index contributed by atoms with van der Waals surface area (Å²) in [5.74, 6) is -0.353. The fraction of sp³-hybridized carbons (Fsp3) is 0.125. The molecule has 116 valence electrons. The van der Waals surface area contributed by atoms with Gasteiger partial charge in [-0.15, -0.1) is 11.3 Å². The lowest BCUT2D eigenvalue weighted by molar-refractivity contribution is 0.0950. The third-order valence-corrected chi connectivity index (χ3v) is 4.27. The molecule has 7 heteroatoms. The molecule has 0 saturated heterocycles. The summed E-state index contributed by atoms with van der Waals surface area (Å²) < 4.78 is 0. The topological polar surface area (TPSA) is 83.0 Å². The standard InChI is InChI=1S/C16H15N5OS/c1-10-3-4-15(23-10)13-9-14(20-19-13)16(22)21-18-11(2)12-5-7-17-8-6-12/h3-9H,1-2H3,(H,19,20)(H,21,22). The molecule has 0 radical (unpaired) electrons. The molecule has 2 N–H and O–H groups in total. The molecule has 0 aliphatic heterocycles. The second-order valence-electron chi connectivity index (χ2n) is 4.95. The number of thiophene rings is 1. The van der Waals surface area contributed by atoms with E-state index in [1.165, 1.54) is 4.88 Å². The predicted octanol–water partition coefficient (Wildman–Crippen LogP) is 3.00. The number of aryl methyl sites for hydroxylation is 1. The van der Waals surface area contributed by atoms with E-state index in [0.29, 0.717) is 11.4 Å². The molecule has 3 aromatic rings. The van der Waals surface area contributed by atoms with Crippen LogP contribution in [0.2, 0.25) is 0 Å². The number of carbonyl (C=O) groups is 1. The van der Waals surface area contributed by atoms with Crippen molar-refractivity contribution in [3.63, 3.8) is 0 Å². The largest absolute Gasteiger partial charge is 0.291 e. The zero-order chi connectivity index (χ0) is 16.2. The summed E-state index contributed by atoms with van der Waals surface area (Å²) in [7, 11) is 0. The van der Waals surface area contributed by atoms with Crippen molar-refractivity contribution < 1.29 is 4.79 Å². The highest BCUT2D eigenvalue weighted by atomic mass is 32.1. The van der Waals surface area contributed by atoms with Crippen LogP contribution >= 0.6 is 11.3 Å². The van der Waals surface area contributed by atoms with Gasteiger partial charge in [-0.2, -0.15) is 10.2 Å². The monoisotopic (exact) mass is 325 g/mol. The van der Waals surface area contributed by atoms with Crippen LogP contribution in [0, 0.1) is 6.92 Å². The number of hydrogen-bond acceptors (Lipinski definition) is 5. The van der Waals surface area contributed by atoms with Crippen LogP contribution in [0.15, 0.2) is 47.8 Å². The van der Waals surface area contributed by atoms with E-state index >= 15 is 0 Å². The van der Waals surface area contributed by atoms with Crippen molar-refractivity contribution in [1.82, 2.24) is 20.6 Å². The summed E-state index contributed by atoms with van der Waals surface area (Å²) in [6.45, 7) is 3.86. The van der Waals surface area contributed by atoms with Gasteiger partial charge in [-0.3, -0.25) is 14.9 Å². The molecule has 0 aliphatic carbocycles. The molecule has 3 aromatic heterocycles. The van der Waals surface area contributed by atoms with Crippen molar-refractivity contribution in [3.05, 3.63) is 58.9 Å². The van der Waals surface area contributed by atoms with Crippen LogP contribution in [0.3, 0.4) is 0 Å². The van der Waals surface area contributed by atoms with Crippen molar-refractivity contribution >= 4 is 23.0 Å². The highest BCUT2D eigenvalue weighted by molar-refractivity contribution is 7.15. The normalized spacial score (nSPS) is 11.5. The number of hydrazone groups is 1. The lowest BCUT2D eigenvalue weighted by Gasteiger charge is -2.00. The number of H-pyrrole nitrogens is 1. The van der Waals surface area contributed by atoms with Crippen molar-refractivity contribution in [3.8, 4) is 10.6 Å². The Morgan fingerprint density at radius 3 is 2.74 bits per heavy atom. The summed E-state index contributed by atoms with van der Waals surface area (Å²) in [4.78, 5) is 18.3. The Hall–Kier alpha value is -2.80. The molecular weight excluding hydrogens is 310 g/mol. The number of pyridine rings is 1. The van der Waals surface area contributed by atoms with Gasteiger partial charge in [0.05, 0.1) is 16.3 Å². The van der Waals surface area contributed by atoms with E-state index in [0.717, 1.165) is 16.1 Å². The van der Waals surface area contributed by atoms with E-state index in [1.54, 1.807) is 29.8 Å². The van der Waals surface area contributed by atoms with Gasteiger partial charge in [0.2, 0.25) is 0 Å². The summed E-state index contributed by atoms with van der Waals surface area (Å²) in [5, 5.41) is 11.0. The fourth-order valence-corrected chi connectivity index (χ4v) is 2.83. The number of rotatable bonds is 4. The Labute approximate surface area is 137 Å². The van der Waals surface area contributed by atoms with Gasteiger partial charge in [-0.1, -0.05) is 0 Å². The van der Waals surface area contributed by atoms with E-state index in [4.69, 9.17) is 0 Å². The van der Waals surface area contributed by atoms with Gasteiger partial charge in [-0.05, 0) is 44.2 Å². The van der Waals surface area contributed by atoms with Crippen LogP contribution in [0.5, 0.6) is 0 Å². The maximum absolute atomic E-state index is 12.1. The number of aromatic nitrogens is 3. The van der Waals surface area contributed by atoms with Crippen LogP contribution in [-0.4, -0.2) is 26.8 Å². The minimum atomic E-state index is -0.353.